The number of para-hydroxylation sites is 3. The van der Waals surface area contributed by atoms with E-state index in [1.807, 2.05) is 0 Å². The second kappa shape index (κ2) is 13.5. The fourth-order valence-electron chi connectivity index (χ4n) is 10.5. The van der Waals surface area contributed by atoms with E-state index < -0.39 is 0 Å². The molecular formula is C59H40N4. The maximum atomic E-state index is 5.37. The number of nitrogens with zero attached hydrogens (tertiary/aromatic N) is 4. The lowest BCUT2D eigenvalue weighted by Gasteiger charge is -2.22. The molecule has 3 aromatic heterocycles. The van der Waals surface area contributed by atoms with Crippen molar-refractivity contribution in [1.29, 1.82) is 0 Å². The van der Waals surface area contributed by atoms with Gasteiger partial charge in [0.15, 0.2) is 0 Å². The Morgan fingerprint density at radius 2 is 0.873 bits per heavy atom. The summed E-state index contributed by atoms with van der Waals surface area (Å²) < 4.78 is 4.68. The van der Waals surface area contributed by atoms with Crippen molar-refractivity contribution >= 4 is 54.5 Å². The highest BCUT2D eigenvalue weighted by Crippen LogP contribution is 2.49. The van der Waals surface area contributed by atoms with Gasteiger partial charge in [-0.15, -0.1) is 0 Å². The molecule has 0 fully saturated rings. The van der Waals surface area contributed by atoms with Crippen molar-refractivity contribution in [3.63, 3.8) is 0 Å². The van der Waals surface area contributed by atoms with Gasteiger partial charge in [0.25, 0.3) is 0 Å². The third kappa shape index (κ3) is 5.34. The van der Waals surface area contributed by atoms with E-state index in [1.54, 1.807) is 0 Å². The monoisotopic (exact) mass is 804 g/mol. The van der Waals surface area contributed by atoms with Crippen LogP contribution in [-0.4, -0.2) is 19.1 Å². The molecule has 4 nitrogen and oxygen atoms in total. The first-order valence-electron chi connectivity index (χ1n) is 21.7. The number of aromatic nitrogens is 4. The minimum atomic E-state index is -0.0760. The molecular weight excluding hydrogens is 765 g/mol. The van der Waals surface area contributed by atoms with Gasteiger partial charge in [0, 0.05) is 43.6 Å². The molecule has 9 aromatic carbocycles. The van der Waals surface area contributed by atoms with E-state index in [4.69, 9.17) is 9.97 Å². The quantitative estimate of drug-likeness (QED) is 0.174. The molecule has 0 bridgehead atoms. The van der Waals surface area contributed by atoms with E-state index in [0.717, 1.165) is 38.6 Å². The largest absolute Gasteiger partial charge is 0.309 e. The first kappa shape index (κ1) is 35.7. The Morgan fingerprint density at radius 3 is 1.60 bits per heavy atom. The molecule has 63 heavy (non-hydrogen) atoms. The topological polar surface area (TPSA) is 35.6 Å². The van der Waals surface area contributed by atoms with Gasteiger partial charge in [-0.3, -0.25) is 4.57 Å². The molecule has 3 heterocycles. The summed E-state index contributed by atoms with van der Waals surface area (Å²) in [7, 11) is 0. The fourth-order valence-corrected chi connectivity index (χ4v) is 10.5. The summed E-state index contributed by atoms with van der Waals surface area (Å²) >= 11 is 0. The smallest absolute Gasteiger partial charge is 0.235 e. The molecule has 0 amide bonds. The van der Waals surface area contributed by atoms with Crippen molar-refractivity contribution in [3.8, 4) is 56.3 Å². The Morgan fingerprint density at radius 1 is 0.349 bits per heavy atom. The molecule has 0 aliphatic heterocycles. The molecule has 0 saturated heterocycles. The first-order valence-corrected chi connectivity index (χ1v) is 21.7. The zero-order valence-electron chi connectivity index (χ0n) is 34.9. The third-order valence-electron chi connectivity index (χ3n) is 13.6. The molecule has 12 aromatic rings. The number of rotatable bonds is 5. The average Bonchev–Trinajstić information content (AvgIpc) is 3.93. The number of benzene rings is 9. The molecule has 13 rings (SSSR count). The number of fused-ring (bicyclic) bond motifs is 10. The van der Waals surface area contributed by atoms with Crippen LogP contribution >= 0.6 is 0 Å². The standard InChI is InChI=1S/C59H40N4/c1-59(2)50-20-10-6-16-43(50)44-31-30-42(36-51(44)59)62-53-22-12-8-17-45(53)48-34-40(28-32-55(48)62)41-29-33-56-49(35-41)46-18-9-13-23-54(46)63(56)58-60-52-21-11-7-19-47(52)57(61-58)39-26-24-38(25-27-39)37-14-4-3-5-15-37/h3-36H,1-2H3. The van der Waals surface area contributed by atoms with E-state index >= 15 is 0 Å². The SMILES string of the molecule is CC1(C)c2ccccc2-c2ccc(-n3c4ccccc4c4cc(-c5ccc6c(c5)c5ccccc5n6-c5nc(-c6ccc(-c7ccccc7)cc6)c6ccccc6n5)ccc43)cc21. The van der Waals surface area contributed by atoms with Gasteiger partial charge in [-0.05, 0) is 99.1 Å². The Kier molecular flexibility index (Phi) is 7.62. The molecule has 0 spiro atoms. The van der Waals surface area contributed by atoms with E-state index in [1.165, 1.54) is 77.4 Å². The lowest BCUT2D eigenvalue weighted by Crippen LogP contribution is -2.15. The van der Waals surface area contributed by atoms with E-state index in [0.29, 0.717) is 5.95 Å². The van der Waals surface area contributed by atoms with Crippen LogP contribution in [0.25, 0.3) is 111 Å². The van der Waals surface area contributed by atoms with Crippen molar-refractivity contribution in [3.05, 3.63) is 217 Å². The number of hydrogen-bond acceptors (Lipinski definition) is 2. The van der Waals surface area contributed by atoms with Crippen LogP contribution in [0.5, 0.6) is 0 Å². The van der Waals surface area contributed by atoms with Gasteiger partial charge in [0.1, 0.15) is 0 Å². The Balaban J connectivity index is 0.940. The van der Waals surface area contributed by atoms with Crippen LogP contribution in [0.4, 0.5) is 0 Å². The van der Waals surface area contributed by atoms with Crippen LogP contribution in [0.2, 0.25) is 0 Å². The summed E-state index contributed by atoms with van der Waals surface area (Å²) in [5, 5.41) is 5.84. The second-order valence-corrected chi connectivity index (χ2v) is 17.4. The Bertz CT molecular complexity index is 3810. The van der Waals surface area contributed by atoms with Crippen molar-refractivity contribution in [2.75, 3.05) is 0 Å². The zero-order valence-corrected chi connectivity index (χ0v) is 34.9. The molecule has 0 radical (unpaired) electrons. The summed E-state index contributed by atoms with van der Waals surface area (Å²) in [5.41, 5.74) is 18.7. The van der Waals surface area contributed by atoms with Gasteiger partial charge in [0.05, 0.1) is 33.3 Å². The van der Waals surface area contributed by atoms with Crippen LogP contribution in [0.1, 0.15) is 25.0 Å². The summed E-state index contributed by atoms with van der Waals surface area (Å²) in [6, 6.07) is 74.7. The summed E-state index contributed by atoms with van der Waals surface area (Å²) in [5.74, 6) is 0.655. The highest BCUT2D eigenvalue weighted by molar-refractivity contribution is 6.13. The molecule has 1 aliphatic rings. The zero-order chi connectivity index (χ0) is 41.8. The van der Waals surface area contributed by atoms with Gasteiger partial charge in [0.2, 0.25) is 5.95 Å². The molecule has 4 heteroatoms. The molecule has 0 N–H and O–H groups in total. The first-order chi connectivity index (χ1) is 31.0. The minimum absolute atomic E-state index is 0.0760. The maximum absolute atomic E-state index is 5.37. The fraction of sp³-hybridized carbons (Fsp3) is 0.0508. The van der Waals surface area contributed by atoms with Crippen molar-refractivity contribution in [2.24, 2.45) is 0 Å². The van der Waals surface area contributed by atoms with Crippen LogP contribution in [0, 0.1) is 0 Å². The van der Waals surface area contributed by atoms with Crippen LogP contribution in [0.15, 0.2) is 206 Å². The lowest BCUT2D eigenvalue weighted by atomic mass is 9.82. The maximum Gasteiger partial charge on any atom is 0.235 e. The summed E-state index contributed by atoms with van der Waals surface area (Å²) in [6.07, 6.45) is 0. The van der Waals surface area contributed by atoms with Crippen LogP contribution in [0.3, 0.4) is 0 Å². The summed E-state index contributed by atoms with van der Waals surface area (Å²) in [6.45, 7) is 4.71. The van der Waals surface area contributed by atoms with Crippen molar-refractivity contribution < 1.29 is 0 Å². The van der Waals surface area contributed by atoms with E-state index in [-0.39, 0.29) is 5.41 Å². The molecule has 0 saturated carbocycles. The predicted octanol–water partition coefficient (Wildman–Crippen LogP) is 15.1. The normalized spacial score (nSPS) is 13.0. The summed E-state index contributed by atoms with van der Waals surface area (Å²) in [4.78, 5) is 10.6. The van der Waals surface area contributed by atoms with Gasteiger partial charge >= 0.3 is 0 Å². The molecule has 0 atom stereocenters. The van der Waals surface area contributed by atoms with E-state index in [9.17, 15) is 0 Å². The van der Waals surface area contributed by atoms with E-state index in [2.05, 4.69) is 229 Å². The van der Waals surface area contributed by atoms with Gasteiger partial charge in [-0.25, -0.2) is 9.97 Å². The van der Waals surface area contributed by atoms with Crippen LogP contribution < -0.4 is 0 Å². The number of hydrogen-bond donors (Lipinski definition) is 0. The van der Waals surface area contributed by atoms with Gasteiger partial charge < -0.3 is 4.57 Å². The van der Waals surface area contributed by atoms with Crippen molar-refractivity contribution in [2.45, 2.75) is 19.3 Å². The highest BCUT2D eigenvalue weighted by Gasteiger charge is 2.35. The third-order valence-corrected chi connectivity index (χ3v) is 13.6. The lowest BCUT2D eigenvalue weighted by molar-refractivity contribution is 0.660. The highest BCUT2D eigenvalue weighted by atomic mass is 15.2. The van der Waals surface area contributed by atoms with Crippen molar-refractivity contribution in [1.82, 2.24) is 19.1 Å². The molecule has 296 valence electrons. The minimum Gasteiger partial charge on any atom is -0.309 e. The molecule has 0 unspecified atom stereocenters. The predicted molar refractivity (Wildman–Crippen MR) is 262 cm³/mol. The second-order valence-electron chi connectivity index (χ2n) is 17.4. The van der Waals surface area contributed by atoms with Gasteiger partial charge in [-0.2, -0.15) is 0 Å². The Labute approximate surface area is 365 Å². The van der Waals surface area contributed by atoms with Gasteiger partial charge in [-0.1, -0.05) is 166 Å². The Hall–Kier alpha value is -8.08. The van der Waals surface area contributed by atoms with Crippen LogP contribution in [-0.2, 0) is 5.41 Å². The average molecular weight is 805 g/mol. The molecule has 1 aliphatic carbocycles.